The lowest BCUT2D eigenvalue weighted by Gasteiger charge is -2.37. The number of likely N-dealkylation sites (N-methyl/N-ethyl adjacent to an activating group) is 1. The van der Waals surface area contributed by atoms with Crippen molar-refractivity contribution in [2.45, 2.75) is 66.0 Å². The molecule has 1 aliphatic heterocycles. The number of amides is 1. The number of benzene rings is 1. The van der Waals surface area contributed by atoms with E-state index in [4.69, 9.17) is 4.74 Å². The Morgan fingerprint density at radius 1 is 1.29 bits per heavy atom. The van der Waals surface area contributed by atoms with Crippen LogP contribution in [0.4, 0.5) is 27.5 Å². The molecule has 2 N–H and O–H groups in total. The molecule has 8 heteroatoms. The Bertz CT molecular complexity index is 971. The quantitative estimate of drug-likeness (QED) is 0.664. The van der Waals surface area contributed by atoms with Gasteiger partial charge >= 0.3 is 0 Å². The van der Waals surface area contributed by atoms with Gasteiger partial charge in [-0.3, -0.25) is 4.79 Å². The molecule has 0 saturated carbocycles. The molecule has 1 unspecified atom stereocenters. The summed E-state index contributed by atoms with van der Waals surface area (Å²) in [6.45, 7) is 12.0. The zero-order valence-electron chi connectivity index (χ0n) is 19.3. The van der Waals surface area contributed by atoms with Crippen molar-refractivity contribution < 1.29 is 13.9 Å². The van der Waals surface area contributed by atoms with Crippen LogP contribution in [-0.2, 0) is 4.79 Å². The van der Waals surface area contributed by atoms with Crippen LogP contribution in [0.3, 0.4) is 0 Å². The number of carbonyl (C=O) groups excluding carboxylic acids is 1. The molecule has 0 radical (unpaired) electrons. The lowest BCUT2D eigenvalue weighted by Crippen LogP contribution is -2.50. The molecule has 7 nitrogen and oxygen atoms in total. The molecule has 2 heterocycles. The van der Waals surface area contributed by atoms with Crippen LogP contribution in [0.25, 0.3) is 0 Å². The molecule has 1 aromatic carbocycles. The fourth-order valence-corrected chi connectivity index (χ4v) is 3.66. The van der Waals surface area contributed by atoms with Crippen LogP contribution in [-0.4, -0.2) is 34.6 Å². The molecule has 0 fully saturated rings. The van der Waals surface area contributed by atoms with Gasteiger partial charge in [0.15, 0.2) is 17.2 Å². The first-order chi connectivity index (χ1) is 14.4. The van der Waals surface area contributed by atoms with E-state index in [-0.39, 0.29) is 29.1 Å². The van der Waals surface area contributed by atoms with Crippen LogP contribution in [0.15, 0.2) is 24.4 Å². The highest BCUT2D eigenvalue weighted by Crippen LogP contribution is 2.39. The number of nitrogens with one attached hydrogen (secondary N) is 2. The minimum atomic E-state index is -0.916. The van der Waals surface area contributed by atoms with Gasteiger partial charge < -0.3 is 20.3 Å². The molecule has 1 amide bonds. The number of hydrogen-bond donors (Lipinski definition) is 2. The van der Waals surface area contributed by atoms with Crippen molar-refractivity contribution in [3.63, 3.8) is 0 Å². The fraction of sp³-hybridized carbons (Fsp3) is 0.522. The molecule has 1 aliphatic rings. The summed E-state index contributed by atoms with van der Waals surface area (Å²) in [6, 6.07) is 5.49. The van der Waals surface area contributed by atoms with E-state index in [9.17, 15) is 9.18 Å². The molecular weight excluding hydrogens is 397 g/mol. The molecule has 0 spiro atoms. The van der Waals surface area contributed by atoms with Gasteiger partial charge in [-0.15, -0.1) is 0 Å². The lowest BCUT2D eigenvalue weighted by atomic mass is 9.87. The molecule has 3 rings (SSSR count). The second kappa shape index (κ2) is 8.32. The summed E-state index contributed by atoms with van der Waals surface area (Å²) in [6.07, 6.45) is 2.89. The average molecular weight is 430 g/mol. The van der Waals surface area contributed by atoms with Crippen LogP contribution in [0.2, 0.25) is 0 Å². The van der Waals surface area contributed by atoms with Crippen LogP contribution in [0.1, 0.15) is 54.4 Å². The molecule has 0 saturated heterocycles. The van der Waals surface area contributed by atoms with Gasteiger partial charge in [0.05, 0.1) is 11.9 Å². The van der Waals surface area contributed by atoms with Crippen LogP contribution in [0.5, 0.6) is 5.75 Å². The Morgan fingerprint density at radius 3 is 2.65 bits per heavy atom. The highest BCUT2D eigenvalue weighted by molar-refractivity contribution is 6.02. The molecule has 2 aromatic rings. The molecule has 31 heavy (non-hydrogen) atoms. The highest BCUT2D eigenvalue weighted by Gasteiger charge is 2.39. The molecule has 1 aromatic heterocycles. The number of halogens is 1. The Morgan fingerprint density at radius 2 is 2.00 bits per heavy atom. The lowest BCUT2D eigenvalue weighted by molar-refractivity contribution is -0.132. The number of nitrogens with zero attached hydrogens (tertiary/aromatic N) is 3. The number of rotatable bonds is 6. The third kappa shape index (κ3) is 5.24. The largest absolute Gasteiger partial charge is 0.476 e. The Hall–Kier alpha value is -2.90. The van der Waals surface area contributed by atoms with E-state index in [0.29, 0.717) is 17.1 Å². The summed E-state index contributed by atoms with van der Waals surface area (Å²) >= 11 is 0. The maximum absolute atomic E-state index is 14.4. The Balaban J connectivity index is 1.81. The van der Waals surface area contributed by atoms with Gasteiger partial charge in [0.1, 0.15) is 5.75 Å². The molecule has 1 atom stereocenters. The summed E-state index contributed by atoms with van der Waals surface area (Å²) in [7, 11) is 1.71. The van der Waals surface area contributed by atoms with Crippen molar-refractivity contribution in [2.75, 3.05) is 22.6 Å². The van der Waals surface area contributed by atoms with Gasteiger partial charge in [-0.2, -0.15) is 4.98 Å². The van der Waals surface area contributed by atoms with Crippen molar-refractivity contribution in [1.82, 2.24) is 9.97 Å². The molecular formula is C23H32FN5O2. The molecule has 0 aliphatic carbocycles. The summed E-state index contributed by atoms with van der Waals surface area (Å²) in [4.78, 5) is 22.5. The summed E-state index contributed by atoms with van der Waals surface area (Å²) in [5, 5.41) is 6.31. The maximum atomic E-state index is 14.4. The minimum Gasteiger partial charge on any atom is -0.476 e. The number of fused-ring (bicyclic) bond motifs is 1. The van der Waals surface area contributed by atoms with Crippen molar-refractivity contribution in [3.8, 4) is 5.75 Å². The first-order valence-electron chi connectivity index (χ1n) is 10.6. The van der Waals surface area contributed by atoms with E-state index in [1.54, 1.807) is 37.9 Å². The van der Waals surface area contributed by atoms with Crippen molar-refractivity contribution in [3.05, 3.63) is 30.2 Å². The smallest absolute Gasteiger partial charge is 0.270 e. The maximum Gasteiger partial charge on any atom is 0.270 e. The number of anilines is 4. The van der Waals surface area contributed by atoms with Gasteiger partial charge in [-0.25, -0.2) is 9.37 Å². The molecule has 0 bridgehead atoms. The summed E-state index contributed by atoms with van der Waals surface area (Å²) in [5.74, 6) is 0.424. The van der Waals surface area contributed by atoms with Gasteiger partial charge in [0, 0.05) is 18.8 Å². The van der Waals surface area contributed by atoms with E-state index < -0.39 is 11.4 Å². The number of ether oxygens (including phenoxy) is 1. The van der Waals surface area contributed by atoms with E-state index in [2.05, 4.69) is 48.3 Å². The number of aromatic nitrogens is 2. The van der Waals surface area contributed by atoms with Gasteiger partial charge in [0.25, 0.3) is 5.91 Å². The van der Waals surface area contributed by atoms with Crippen molar-refractivity contribution >= 4 is 29.0 Å². The topological polar surface area (TPSA) is 79.4 Å². The zero-order valence-corrected chi connectivity index (χ0v) is 19.3. The van der Waals surface area contributed by atoms with Gasteiger partial charge in [-0.05, 0) is 50.3 Å². The predicted molar refractivity (Wildman–Crippen MR) is 122 cm³/mol. The average Bonchev–Trinajstić information content (AvgIpc) is 2.67. The monoisotopic (exact) mass is 429 g/mol. The predicted octanol–water partition coefficient (Wildman–Crippen LogP) is 5.12. The Labute approximate surface area is 183 Å². The third-order valence-corrected chi connectivity index (χ3v) is 5.20. The fourth-order valence-electron chi connectivity index (χ4n) is 3.66. The summed E-state index contributed by atoms with van der Waals surface area (Å²) < 4.78 is 20.2. The van der Waals surface area contributed by atoms with E-state index >= 15 is 0 Å². The van der Waals surface area contributed by atoms with Crippen molar-refractivity contribution in [1.29, 1.82) is 0 Å². The van der Waals surface area contributed by atoms with E-state index in [0.717, 1.165) is 19.0 Å². The second-order valence-electron chi connectivity index (χ2n) is 9.69. The van der Waals surface area contributed by atoms with Crippen LogP contribution in [0, 0.1) is 11.2 Å². The minimum absolute atomic E-state index is 0.0983. The third-order valence-electron chi connectivity index (χ3n) is 5.20. The van der Waals surface area contributed by atoms with Gasteiger partial charge in [-0.1, -0.05) is 27.7 Å². The van der Waals surface area contributed by atoms with Crippen LogP contribution >= 0.6 is 0 Å². The van der Waals surface area contributed by atoms with Crippen LogP contribution < -0.4 is 20.3 Å². The highest BCUT2D eigenvalue weighted by atomic mass is 19.1. The Kier molecular flexibility index (Phi) is 6.11. The molecule has 168 valence electrons. The summed E-state index contributed by atoms with van der Waals surface area (Å²) in [5.41, 5.74) is 0.508. The standard InChI is InChI=1S/C23H32FN5O2/c1-8-14(12-22(2,3)4)26-19-16(24)13-25-21(28-19)27-15-9-10-18-17(11-15)29(7)20(30)23(5,6)31-18/h9-11,13-14H,8,12H2,1-7H3,(H2,25,26,27,28). The van der Waals surface area contributed by atoms with E-state index in [1.807, 2.05) is 6.07 Å². The zero-order chi connectivity index (χ0) is 23.0. The second-order valence-corrected chi connectivity index (χ2v) is 9.69. The van der Waals surface area contributed by atoms with Crippen molar-refractivity contribution in [2.24, 2.45) is 5.41 Å². The normalized spacial score (nSPS) is 16.4. The number of hydrogen-bond acceptors (Lipinski definition) is 6. The SMILES string of the molecule is CCC(CC(C)(C)C)Nc1nc(Nc2ccc3c(c2)N(C)C(=O)C(C)(C)O3)ncc1F. The first kappa shape index (κ1) is 22.8. The first-order valence-corrected chi connectivity index (χ1v) is 10.6. The number of carbonyl (C=O) groups is 1. The van der Waals surface area contributed by atoms with E-state index in [1.165, 1.54) is 0 Å². The van der Waals surface area contributed by atoms with Gasteiger partial charge in [0.2, 0.25) is 5.95 Å².